The molecule has 0 saturated carbocycles. The van der Waals surface area contributed by atoms with Gasteiger partial charge in [0.1, 0.15) is 4.21 Å². The van der Waals surface area contributed by atoms with Crippen LogP contribution in [-0.2, 0) is 14.8 Å². The zero-order valence-electron chi connectivity index (χ0n) is 12.8. The monoisotopic (exact) mass is 402 g/mol. The van der Waals surface area contributed by atoms with Crippen LogP contribution >= 0.6 is 34.7 Å². The maximum absolute atomic E-state index is 12.7. The highest BCUT2D eigenvalue weighted by atomic mass is 35.5. The first-order valence-electron chi connectivity index (χ1n) is 7.12. The lowest BCUT2D eigenvalue weighted by molar-refractivity contribution is -0.118. The Hall–Kier alpha value is -1.06. The van der Waals surface area contributed by atoms with Gasteiger partial charge in [0.25, 0.3) is 10.0 Å². The number of likely N-dealkylation sites (N-methyl/N-ethyl adjacent to an activating group) is 1. The van der Waals surface area contributed by atoms with Crippen molar-refractivity contribution in [2.75, 3.05) is 30.8 Å². The summed E-state index contributed by atoms with van der Waals surface area (Å²) < 4.78 is 26.2. The van der Waals surface area contributed by atoms with Gasteiger partial charge in [0.05, 0.1) is 12.2 Å². The first kappa shape index (κ1) is 17.8. The van der Waals surface area contributed by atoms with E-state index in [1.165, 1.54) is 13.1 Å². The molecule has 0 N–H and O–H groups in total. The SMILES string of the molecule is CN(CC(=O)N1CCSc2ccc(Cl)cc21)S(=O)(=O)c1cccs1. The molecule has 1 aliphatic heterocycles. The van der Waals surface area contributed by atoms with Crippen molar-refractivity contribution < 1.29 is 13.2 Å². The molecule has 0 atom stereocenters. The molecule has 0 fully saturated rings. The van der Waals surface area contributed by atoms with E-state index in [0.29, 0.717) is 11.6 Å². The molecule has 2 aromatic rings. The molecule has 0 spiro atoms. The van der Waals surface area contributed by atoms with Gasteiger partial charge in [-0.1, -0.05) is 17.7 Å². The largest absolute Gasteiger partial charge is 0.309 e. The molecule has 3 rings (SSSR count). The molecule has 1 aliphatic rings. The normalized spacial score (nSPS) is 14.7. The zero-order chi connectivity index (χ0) is 17.3. The van der Waals surface area contributed by atoms with Crippen molar-refractivity contribution in [3.05, 3.63) is 40.7 Å². The average Bonchev–Trinajstić information content (AvgIpc) is 3.09. The summed E-state index contributed by atoms with van der Waals surface area (Å²) in [4.78, 5) is 15.3. The molecule has 0 saturated heterocycles. The maximum Gasteiger partial charge on any atom is 0.252 e. The second-order valence-corrected chi connectivity index (χ2v) is 9.99. The second-order valence-electron chi connectivity index (χ2n) is 5.20. The fourth-order valence-corrected chi connectivity index (χ4v) is 5.84. The van der Waals surface area contributed by atoms with Crippen molar-refractivity contribution in [2.24, 2.45) is 0 Å². The predicted octanol–water partition coefficient (Wildman–Crippen LogP) is 3.16. The van der Waals surface area contributed by atoms with Gasteiger partial charge in [-0.2, -0.15) is 4.31 Å². The zero-order valence-corrected chi connectivity index (χ0v) is 16.0. The van der Waals surface area contributed by atoms with Gasteiger partial charge in [-0.3, -0.25) is 4.79 Å². The van der Waals surface area contributed by atoms with Gasteiger partial charge in [-0.25, -0.2) is 8.42 Å². The van der Waals surface area contributed by atoms with E-state index in [2.05, 4.69) is 0 Å². The lowest BCUT2D eigenvalue weighted by atomic mass is 10.2. The molecule has 1 aromatic carbocycles. The van der Waals surface area contributed by atoms with E-state index in [4.69, 9.17) is 11.6 Å². The van der Waals surface area contributed by atoms with E-state index in [0.717, 1.165) is 32.0 Å². The summed E-state index contributed by atoms with van der Waals surface area (Å²) >= 11 is 8.83. The quantitative estimate of drug-likeness (QED) is 0.788. The van der Waals surface area contributed by atoms with Crippen LogP contribution in [0.15, 0.2) is 44.8 Å². The van der Waals surface area contributed by atoms with Crippen LogP contribution in [0.25, 0.3) is 0 Å². The lowest BCUT2D eigenvalue weighted by Gasteiger charge is -2.30. The number of fused-ring (bicyclic) bond motifs is 1. The number of carbonyl (C=O) groups excluding carboxylic acids is 1. The summed E-state index contributed by atoms with van der Waals surface area (Å²) in [7, 11) is -2.22. The lowest BCUT2D eigenvalue weighted by Crippen LogP contribution is -2.43. The molecule has 0 unspecified atom stereocenters. The second kappa shape index (κ2) is 7.05. The van der Waals surface area contributed by atoms with Gasteiger partial charge in [0, 0.05) is 29.3 Å². The van der Waals surface area contributed by atoms with Gasteiger partial charge in [-0.15, -0.1) is 23.1 Å². The molecule has 128 valence electrons. The predicted molar refractivity (Wildman–Crippen MR) is 98.7 cm³/mol. The molecule has 24 heavy (non-hydrogen) atoms. The third-order valence-electron chi connectivity index (χ3n) is 3.60. The van der Waals surface area contributed by atoms with Crippen LogP contribution < -0.4 is 4.90 Å². The number of anilines is 1. The van der Waals surface area contributed by atoms with Gasteiger partial charge in [0.2, 0.25) is 5.91 Å². The number of halogens is 1. The van der Waals surface area contributed by atoms with Crippen LogP contribution in [0, 0.1) is 0 Å². The van der Waals surface area contributed by atoms with Gasteiger partial charge >= 0.3 is 0 Å². The molecule has 0 bridgehead atoms. The fourth-order valence-electron chi connectivity index (χ4n) is 2.37. The first-order valence-corrected chi connectivity index (χ1v) is 10.8. The van der Waals surface area contributed by atoms with Crippen LogP contribution in [-0.4, -0.2) is 44.5 Å². The van der Waals surface area contributed by atoms with Crippen molar-refractivity contribution in [3.63, 3.8) is 0 Å². The molecule has 0 radical (unpaired) electrons. The maximum atomic E-state index is 12.7. The number of hydrogen-bond acceptors (Lipinski definition) is 5. The van der Waals surface area contributed by atoms with E-state index in [1.807, 2.05) is 6.07 Å². The van der Waals surface area contributed by atoms with E-state index < -0.39 is 10.0 Å². The van der Waals surface area contributed by atoms with E-state index in [-0.39, 0.29) is 16.7 Å². The number of nitrogens with zero attached hydrogens (tertiary/aromatic N) is 2. The fraction of sp³-hybridized carbons (Fsp3) is 0.267. The molecular weight excluding hydrogens is 388 g/mol. The standard InChI is InChI=1S/C15H15ClN2O3S3/c1-17(24(20,21)15-3-2-7-23-15)10-14(19)18-6-8-22-13-5-4-11(16)9-12(13)18/h2-5,7,9H,6,8,10H2,1H3. The summed E-state index contributed by atoms with van der Waals surface area (Å²) in [6.45, 7) is 0.320. The summed E-state index contributed by atoms with van der Waals surface area (Å²) in [6, 6.07) is 8.62. The molecule has 0 aliphatic carbocycles. The summed E-state index contributed by atoms with van der Waals surface area (Å²) in [5.74, 6) is 0.503. The Bertz CT molecular complexity index is 853. The highest BCUT2D eigenvalue weighted by Gasteiger charge is 2.28. The number of thioether (sulfide) groups is 1. The minimum absolute atomic E-state index is 0.211. The molecule has 1 aromatic heterocycles. The Morgan fingerprint density at radius 2 is 2.17 bits per heavy atom. The van der Waals surface area contributed by atoms with Crippen LogP contribution in [0.1, 0.15) is 0 Å². The molecule has 9 heteroatoms. The third kappa shape index (κ3) is 3.48. The van der Waals surface area contributed by atoms with Crippen LogP contribution in [0.2, 0.25) is 5.02 Å². The summed E-state index contributed by atoms with van der Waals surface area (Å²) in [5, 5.41) is 2.25. The molecule has 5 nitrogen and oxygen atoms in total. The average molecular weight is 403 g/mol. The number of amides is 1. The van der Waals surface area contributed by atoms with Crippen molar-refractivity contribution >= 4 is 56.3 Å². The van der Waals surface area contributed by atoms with Crippen molar-refractivity contribution in [3.8, 4) is 0 Å². The van der Waals surface area contributed by atoms with Gasteiger partial charge in [-0.05, 0) is 29.6 Å². The van der Waals surface area contributed by atoms with E-state index in [9.17, 15) is 13.2 Å². The number of benzene rings is 1. The minimum atomic E-state index is -3.64. The minimum Gasteiger partial charge on any atom is -0.309 e. The van der Waals surface area contributed by atoms with E-state index in [1.54, 1.807) is 40.2 Å². The van der Waals surface area contributed by atoms with E-state index >= 15 is 0 Å². The summed E-state index contributed by atoms with van der Waals surface area (Å²) in [5.41, 5.74) is 0.741. The molecule has 2 heterocycles. The van der Waals surface area contributed by atoms with Crippen molar-refractivity contribution in [1.29, 1.82) is 0 Å². The van der Waals surface area contributed by atoms with Gasteiger partial charge in [0.15, 0.2) is 0 Å². The number of thiophene rings is 1. The number of rotatable bonds is 4. The smallest absolute Gasteiger partial charge is 0.252 e. The summed E-state index contributed by atoms with van der Waals surface area (Å²) in [6.07, 6.45) is 0. The Morgan fingerprint density at radius 1 is 1.38 bits per heavy atom. The number of sulfonamides is 1. The highest BCUT2D eigenvalue weighted by Crippen LogP contribution is 2.36. The third-order valence-corrected chi connectivity index (χ3v) is 8.06. The van der Waals surface area contributed by atoms with Crippen LogP contribution in [0.5, 0.6) is 0 Å². The van der Waals surface area contributed by atoms with Crippen molar-refractivity contribution in [1.82, 2.24) is 4.31 Å². The Kier molecular flexibility index (Phi) is 5.22. The highest BCUT2D eigenvalue weighted by molar-refractivity contribution is 7.99. The molecular formula is C15H15ClN2O3S3. The Morgan fingerprint density at radius 3 is 2.88 bits per heavy atom. The van der Waals surface area contributed by atoms with Gasteiger partial charge < -0.3 is 4.90 Å². The van der Waals surface area contributed by atoms with Crippen LogP contribution in [0.4, 0.5) is 5.69 Å². The topological polar surface area (TPSA) is 57.7 Å². The van der Waals surface area contributed by atoms with Crippen molar-refractivity contribution in [2.45, 2.75) is 9.10 Å². The number of carbonyl (C=O) groups is 1. The van der Waals surface area contributed by atoms with Crippen LogP contribution in [0.3, 0.4) is 0 Å². The first-order chi connectivity index (χ1) is 11.4. The molecule has 1 amide bonds. The Labute approximate surface area is 154 Å². The number of hydrogen-bond donors (Lipinski definition) is 0. The Balaban J connectivity index is 1.80.